The molecule has 2 rings (SSSR count). The average molecular weight is 250 g/mol. The van der Waals surface area contributed by atoms with Crippen LogP contribution >= 0.6 is 0 Å². The zero-order valence-corrected chi connectivity index (χ0v) is 11.4. The highest BCUT2D eigenvalue weighted by atomic mass is 16.3. The number of nitrogens with zero attached hydrogens (tertiary/aromatic N) is 1. The van der Waals surface area contributed by atoms with E-state index in [2.05, 4.69) is 31.0 Å². The van der Waals surface area contributed by atoms with Crippen LogP contribution in [-0.4, -0.2) is 36.5 Å². The molecule has 0 spiro atoms. The van der Waals surface area contributed by atoms with Crippen LogP contribution in [0.4, 0.5) is 0 Å². The van der Waals surface area contributed by atoms with Crippen molar-refractivity contribution >= 4 is 5.91 Å². The minimum absolute atomic E-state index is 0.0426. The minimum Gasteiger partial charge on any atom is -0.469 e. The lowest BCUT2D eigenvalue weighted by Gasteiger charge is -2.26. The summed E-state index contributed by atoms with van der Waals surface area (Å²) in [6.45, 7) is 9.58. The van der Waals surface area contributed by atoms with Crippen LogP contribution in [0.15, 0.2) is 22.8 Å². The van der Waals surface area contributed by atoms with Crippen molar-refractivity contribution in [3.05, 3.63) is 24.2 Å². The lowest BCUT2D eigenvalue weighted by atomic mass is 9.88. The van der Waals surface area contributed by atoms with Gasteiger partial charge in [0.25, 0.3) is 0 Å². The largest absolute Gasteiger partial charge is 0.469 e. The van der Waals surface area contributed by atoms with E-state index in [0.717, 1.165) is 25.4 Å². The van der Waals surface area contributed by atoms with Crippen molar-refractivity contribution in [2.45, 2.75) is 33.2 Å². The third kappa shape index (κ3) is 2.93. The number of likely N-dealkylation sites (tertiary alicyclic amines) is 1. The lowest BCUT2D eigenvalue weighted by molar-refractivity contribution is -0.121. The number of carbonyl (C=O) groups excluding carboxylic acids is 1. The lowest BCUT2D eigenvalue weighted by Crippen LogP contribution is -2.44. The Kier molecular flexibility index (Phi) is 3.76. The summed E-state index contributed by atoms with van der Waals surface area (Å²) in [6.07, 6.45) is 1.92. The Morgan fingerprint density at radius 2 is 2.39 bits per heavy atom. The van der Waals surface area contributed by atoms with Crippen LogP contribution in [0.25, 0.3) is 0 Å². The summed E-state index contributed by atoms with van der Waals surface area (Å²) in [4.78, 5) is 14.3. The van der Waals surface area contributed by atoms with Gasteiger partial charge in [-0.3, -0.25) is 4.79 Å². The number of amides is 1. The molecule has 1 aromatic rings. The van der Waals surface area contributed by atoms with Crippen LogP contribution in [0, 0.1) is 5.41 Å². The molecule has 1 amide bonds. The van der Waals surface area contributed by atoms with Gasteiger partial charge in [0.15, 0.2) is 0 Å². The molecule has 2 heterocycles. The van der Waals surface area contributed by atoms with Crippen molar-refractivity contribution in [1.82, 2.24) is 10.2 Å². The maximum atomic E-state index is 12.0. The summed E-state index contributed by atoms with van der Waals surface area (Å²) in [5.41, 5.74) is 0.134. The molecular formula is C14H22N2O2. The molecule has 0 aromatic carbocycles. The Balaban J connectivity index is 1.91. The second-order valence-electron chi connectivity index (χ2n) is 5.69. The first-order valence-corrected chi connectivity index (χ1v) is 6.55. The van der Waals surface area contributed by atoms with Gasteiger partial charge in [-0.25, -0.2) is 0 Å². The van der Waals surface area contributed by atoms with Gasteiger partial charge in [-0.15, -0.1) is 0 Å². The molecule has 100 valence electrons. The third-order valence-electron chi connectivity index (χ3n) is 3.71. The minimum atomic E-state index is 0.0426. The zero-order chi connectivity index (χ0) is 13.2. The van der Waals surface area contributed by atoms with E-state index in [9.17, 15) is 4.79 Å². The fourth-order valence-corrected chi connectivity index (χ4v) is 2.56. The second kappa shape index (κ2) is 5.14. The smallest absolute Gasteiger partial charge is 0.227 e. The Hall–Kier alpha value is -1.29. The number of nitrogens with one attached hydrogen (secondary N) is 1. The van der Waals surface area contributed by atoms with E-state index in [0.29, 0.717) is 6.42 Å². The van der Waals surface area contributed by atoms with Crippen LogP contribution in [-0.2, 0) is 11.2 Å². The fraction of sp³-hybridized carbons (Fsp3) is 0.643. The highest BCUT2D eigenvalue weighted by molar-refractivity contribution is 5.78. The molecular weight excluding hydrogens is 228 g/mol. The van der Waals surface area contributed by atoms with Gasteiger partial charge in [0, 0.05) is 19.1 Å². The Bertz CT molecular complexity index is 398. The molecule has 1 saturated heterocycles. The van der Waals surface area contributed by atoms with Crippen molar-refractivity contribution in [3.63, 3.8) is 0 Å². The summed E-state index contributed by atoms with van der Waals surface area (Å²) in [5, 5.41) is 3.13. The van der Waals surface area contributed by atoms with Gasteiger partial charge in [-0.2, -0.15) is 0 Å². The number of hydrogen-bond donors (Lipinski definition) is 1. The molecule has 1 N–H and O–H groups in total. The van der Waals surface area contributed by atoms with Gasteiger partial charge in [0.1, 0.15) is 5.76 Å². The molecule has 0 bridgehead atoms. The van der Waals surface area contributed by atoms with Crippen LogP contribution in [0.1, 0.15) is 26.5 Å². The van der Waals surface area contributed by atoms with Gasteiger partial charge in [0.05, 0.1) is 12.7 Å². The van der Waals surface area contributed by atoms with Gasteiger partial charge in [-0.05, 0) is 24.1 Å². The second-order valence-corrected chi connectivity index (χ2v) is 5.69. The van der Waals surface area contributed by atoms with Gasteiger partial charge >= 0.3 is 0 Å². The Morgan fingerprint density at radius 3 is 2.94 bits per heavy atom. The topological polar surface area (TPSA) is 45.5 Å². The number of furan rings is 1. The molecule has 0 aliphatic carbocycles. The van der Waals surface area contributed by atoms with Gasteiger partial charge in [-0.1, -0.05) is 20.8 Å². The third-order valence-corrected chi connectivity index (χ3v) is 3.71. The molecule has 1 aliphatic heterocycles. The molecule has 4 heteroatoms. The van der Waals surface area contributed by atoms with E-state index in [1.807, 2.05) is 6.07 Å². The van der Waals surface area contributed by atoms with Crippen LogP contribution in [0.5, 0.6) is 0 Å². The molecule has 1 aliphatic rings. The van der Waals surface area contributed by atoms with E-state index in [-0.39, 0.29) is 17.4 Å². The fourth-order valence-electron chi connectivity index (χ4n) is 2.56. The highest BCUT2D eigenvalue weighted by Crippen LogP contribution is 2.29. The van der Waals surface area contributed by atoms with Crippen LogP contribution in [0.3, 0.4) is 0 Å². The zero-order valence-electron chi connectivity index (χ0n) is 11.4. The highest BCUT2D eigenvalue weighted by Gasteiger charge is 2.39. The quantitative estimate of drug-likeness (QED) is 0.884. The van der Waals surface area contributed by atoms with E-state index in [1.54, 1.807) is 12.3 Å². The maximum absolute atomic E-state index is 12.0. The number of rotatable bonds is 4. The summed E-state index contributed by atoms with van der Waals surface area (Å²) < 4.78 is 5.19. The first-order chi connectivity index (χ1) is 8.51. The maximum Gasteiger partial charge on any atom is 0.227 e. The summed E-state index contributed by atoms with van der Waals surface area (Å²) >= 11 is 0. The van der Waals surface area contributed by atoms with Crippen molar-refractivity contribution in [2.24, 2.45) is 5.41 Å². The average Bonchev–Trinajstić information content (AvgIpc) is 2.87. The van der Waals surface area contributed by atoms with Crippen molar-refractivity contribution in [1.29, 1.82) is 0 Å². The van der Waals surface area contributed by atoms with Crippen molar-refractivity contribution in [2.75, 3.05) is 19.6 Å². The van der Waals surface area contributed by atoms with Gasteiger partial charge in [0.2, 0.25) is 5.91 Å². The standard InChI is InChI=1S/C14H22N2O2/c1-4-16-9-12(14(2,3)10-16)15-13(17)8-11-6-5-7-18-11/h5-7,12H,4,8-10H2,1-3H3,(H,15,17). The predicted octanol–water partition coefficient (Wildman–Crippen LogP) is 1.67. The molecule has 0 saturated carbocycles. The molecule has 1 atom stereocenters. The molecule has 4 nitrogen and oxygen atoms in total. The van der Waals surface area contributed by atoms with Crippen LogP contribution < -0.4 is 5.32 Å². The summed E-state index contributed by atoms with van der Waals surface area (Å²) in [7, 11) is 0. The molecule has 1 fully saturated rings. The number of likely N-dealkylation sites (N-methyl/N-ethyl adjacent to an activating group) is 1. The van der Waals surface area contributed by atoms with Crippen molar-refractivity contribution in [3.8, 4) is 0 Å². The Morgan fingerprint density at radius 1 is 1.61 bits per heavy atom. The normalized spacial score (nSPS) is 23.2. The predicted molar refractivity (Wildman–Crippen MR) is 70.2 cm³/mol. The SMILES string of the molecule is CCN1CC(NC(=O)Cc2ccco2)C(C)(C)C1. The van der Waals surface area contributed by atoms with E-state index < -0.39 is 0 Å². The molecule has 1 unspecified atom stereocenters. The molecule has 1 aromatic heterocycles. The number of hydrogen-bond acceptors (Lipinski definition) is 3. The first kappa shape index (κ1) is 13.1. The molecule has 18 heavy (non-hydrogen) atoms. The van der Waals surface area contributed by atoms with E-state index in [1.165, 1.54) is 0 Å². The summed E-state index contributed by atoms with van der Waals surface area (Å²) in [5.74, 6) is 0.761. The van der Waals surface area contributed by atoms with E-state index in [4.69, 9.17) is 4.42 Å². The van der Waals surface area contributed by atoms with Gasteiger partial charge < -0.3 is 14.6 Å². The summed E-state index contributed by atoms with van der Waals surface area (Å²) in [6, 6.07) is 3.86. The monoisotopic (exact) mass is 250 g/mol. The first-order valence-electron chi connectivity index (χ1n) is 6.55. The Labute approximate surface area is 108 Å². The van der Waals surface area contributed by atoms with Crippen LogP contribution in [0.2, 0.25) is 0 Å². The molecule has 0 radical (unpaired) electrons. The number of carbonyl (C=O) groups is 1. The van der Waals surface area contributed by atoms with E-state index >= 15 is 0 Å². The van der Waals surface area contributed by atoms with Crippen molar-refractivity contribution < 1.29 is 9.21 Å².